The van der Waals surface area contributed by atoms with E-state index in [1.165, 1.54) is 12.1 Å². The number of benzene rings is 1. The molecule has 24 heavy (non-hydrogen) atoms. The molecule has 1 aliphatic rings. The van der Waals surface area contributed by atoms with Gasteiger partial charge in [-0.05, 0) is 24.6 Å². The SMILES string of the molecule is Cc1ccc(F)c(OC2(C(=O)O)CCN(c3cnccn3)CC2)c1. The standard InChI is InChI=1S/C17H18FN3O3/c1-12-2-3-13(18)14(10-12)24-17(16(22)23)4-8-21(9-5-17)15-11-19-6-7-20-15/h2-3,6-7,10-11H,4-5,8-9H2,1H3,(H,22,23). The molecule has 0 amide bonds. The first-order valence-electron chi connectivity index (χ1n) is 7.70. The minimum Gasteiger partial charge on any atom is -0.478 e. The summed E-state index contributed by atoms with van der Waals surface area (Å²) in [6.45, 7) is 2.69. The summed E-state index contributed by atoms with van der Waals surface area (Å²) in [5.74, 6) is -0.969. The van der Waals surface area contributed by atoms with Gasteiger partial charge in [0.15, 0.2) is 11.6 Å². The average molecular weight is 331 g/mol. The third-order valence-electron chi connectivity index (χ3n) is 4.23. The number of hydrogen-bond donors (Lipinski definition) is 1. The van der Waals surface area contributed by atoms with Gasteiger partial charge in [0, 0.05) is 38.3 Å². The molecular weight excluding hydrogens is 313 g/mol. The zero-order valence-corrected chi connectivity index (χ0v) is 13.3. The fraction of sp³-hybridized carbons (Fsp3) is 0.353. The second kappa shape index (κ2) is 6.43. The molecule has 1 fully saturated rings. The first-order chi connectivity index (χ1) is 11.5. The van der Waals surface area contributed by atoms with Crippen LogP contribution in [0, 0.1) is 12.7 Å². The zero-order chi connectivity index (χ0) is 17.2. The Balaban J connectivity index is 1.79. The Morgan fingerprint density at radius 1 is 1.33 bits per heavy atom. The molecular formula is C17H18FN3O3. The van der Waals surface area contributed by atoms with Crippen molar-refractivity contribution in [2.45, 2.75) is 25.4 Å². The van der Waals surface area contributed by atoms with E-state index in [1.807, 2.05) is 4.90 Å². The number of piperidine rings is 1. The molecule has 1 aromatic carbocycles. The number of aryl methyl sites for hydroxylation is 1. The van der Waals surface area contributed by atoms with Gasteiger partial charge in [-0.3, -0.25) is 4.98 Å². The number of anilines is 1. The van der Waals surface area contributed by atoms with Crippen molar-refractivity contribution in [1.29, 1.82) is 0 Å². The molecule has 2 heterocycles. The van der Waals surface area contributed by atoms with E-state index in [0.717, 1.165) is 5.56 Å². The fourth-order valence-electron chi connectivity index (χ4n) is 2.81. The number of carboxylic acids is 1. The highest BCUT2D eigenvalue weighted by Crippen LogP contribution is 2.32. The number of carboxylic acid groups (broad SMARTS) is 1. The predicted molar refractivity (Wildman–Crippen MR) is 85.6 cm³/mol. The van der Waals surface area contributed by atoms with Gasteiger partial charge >= 0.3 is 5.97 Å². The largest absolute Gasteiger partial charge is 0.478 e. The number of nitrogens with zero attached hydrogens (tertiary/aromatic N) is 3. The van der Waals surface area contributed by atoms with E-state index in [4.69, 9.17) is 4.74 Å². The van der Waals surface area contributed by atoms with Crippen molar-refractivity contribution < 1.29 is 19.0 Å². The first kappa shape index (κ1) is 16.2. The second-order valence-electron chi connectivity index (χ2n) is 5.89. The normalized spacial score (nSPS) is 16.7. The Labute approximate surface area is 138 Å². The molecule has 126 valence electrons. The van der Waals surface area contributed by atoms with E-state index in [1.54, 1.807) is 31.6 Å². The maximum atomic E-state index is 14.0. The van der Waals surface area contributed by atoms with Crippen molar-refractivity contribution in [3.63, 3.8) is 0 Å². The minimum atomic E-state index is -1.44. The lowest BCUT2D eigenvalue weighted by Crippen LogP contribution is -2.53. The van der Waals surface area contributed by atoms with Gasteiger partial charge in [-0.2, -0.15) is 0 Å². The van der Waals surface area contributed by atoms with Crippen LogP contribution in [0.25, 0.3) is 0 Å². The molecule has 1 saturated heterocycles. The molecule has 7 heteroatoms. The van der Waals surface area contributed by atoms with E-state index in [9.17, 15) is 14.3 Å². The Morgan fingerprint density at radius 3 is 2.71 bits per heavy atom. The highest BCUT2D eigenvalue weighted by Gasteiger charge is 2.44. The summed E-state index contributed by atoms with van der Waals surface area (Å²) >= 11 is 0. The fourth-order valence-corrected chi connectivity index (χ4v) is 2.81. The molecule has 0 atom stereocenters. The van der Waals surface area contributed by atoms with Gasteiger partial charge in [-0.15, -0.1) is 0 Å². The average Bonchev–Trinajstić information content (AvgIpc) is 2.59. The smallest absolute Gasteiger partial charge is 0.348 e. The van der Waals surface area contributed by atoms with Crippen molar-refractivity contribution >= 4 is 11.8 Å². The number of ether oxygens (including phenoxy) is 1. The summed E-state index contributed by atoms with van der Waals surface area (Å²) in [6.07, 6.45) is 5.26. The van der Waals surface area contributed by atoms with Crippen LogP contribution in [0.5, 0.6) is 5.75 Å². The maximum absolute atomic E-state index is 14.0. The second-order valence-corrected chi connectivity index (χ2v) is 5.89. The maximum Gasteiger partial charge on any atom is 0.348 e. The summed E-state index contributed by atoms with van der Waals surface area (Å²) < 4.78 is 19.6. The molecule has 1 aromatic heterocycles. The van der Waals surface area contributed by atoms with Crippen LogP contribution in [-0.2, 0) is 4.79 Å². The predicted octanol–water partition coefficient (Wildman–Crippen LogP) is 2.43. The molecule has 0 saturated carbocycles. The summed E-state index contributed by atoms with van der Waals surface area (Å²) in [7, 11) is 0. The van der Waals surface area contributed by atoms with E-state index in [-0.39, 0.29) is 18.6 Å². The highest BCUT2D eigenvalue weighted by molar-refractivity contribution is 5.78. The zero-order valence-electron chi connectivity index (χ0n) is 13.3. The van der Waals surface area contributed by atoms with E-state index in [2.05, 4.69) is 9.97 Å². The Hall–Kier alpha value is -2.70. The molecule has 0 spiro atoms. The number of hydrogen-bond acceptors (Lipinski definition) is 5. The van der Waals surface area contributed by atoms with Gasteiger partial charge in [0.1, 0.15) is 5.82 Å². The topological polar surface area (TPSA) is 75.6 Å². The van der Waals surface area contributed by atoms with Gasteiger partial charge in [-0.1, -0.05) is 6.07 Å². The molecule has 6 nitrogen and oxygen atoms in total. The quantitative estimate of drug-likeness (QED) is 0.927. The van der Waals surface area contributed by atoms with Gasteiger partial charge in [-0.25, -0.2) is 14.2 Å². The summed E-state index contributed by atoms with van der Waals surface area (Å²) in [4.78, 5) is 22.0. The lowest BCUT2D eigenvalue weighted by molar-refractivity contribution is -0.157. The molecule has 3 rings (SSSR count). The molecule has 1 aliphatic heterocycles. The van der Waals surface area contributed by atoms with Crippen LogP contribution in [0.1, 0.15) is 18.4 Å². The van der Waals surface area contributed by atoms with Crippen LogP contribution in [0.3, 0.4) is 0 Å². The van der Waals surface area contributed by atoms with Crippen LogP contribution in [0.2, 0.25) is 0 Å². The van der Waals surface area contributed by atoms with Gasteiger partial charge in [0.25, 0.3) is 0 Å². The number of rotatable bonds is 4. The molecule has 1 N–H and O–H groups in total. The molecule has 0 radical (unpaired) electrons. The number of halogens is 1. The molecule has 0 bridgehead atoms. The Bertz CT molecular complexity index is 731. The number of aliphatic carboxylic acids is 1. The number of aromatic nitrogens is 2. The summed E-state index contributed by atoms with van der Waals surface area (Å²) in [5.41, 5.74) is -0.628. The van der Waals surface area contributed by atoms with E-state index in [0.29, 0.717) is 18.9 Å². The first-order valence-corrected chi connectivity index (χ1v) is 7.70. The molecule has 0 aliphatic carbocycles. The van der Waals surface area contributed by atoms with Gasteiger partial charge in [0.05, 0.1) is 6.20 Å². The van der Waals surface area contributed by atoms with Crippen LogP contribution >= 0.6 is 0 Å². The van der Waals surface area contributed by atoms with Crippen LogP contribution in [0.15, 0.2) is 36.8 Å². The van der Waals surface area contributed by atoms with Gasteiger partial charge in [0.2, 0.25) is 5.60 Å². The third kappa shape index (κ3) is 3.15. The van der Waals surface area contributed by atoms with Gasteiger partial charge < -0.3 is 14.7 Å². The van der Waals surface area contributed by atoms with Crippen LogP contribution < -0.4 is 9.64 Å². The van der Waals surface area contributed by atoms with Crippen LogP contribution in [-0.4, -0.2) is 39.7 Å². The third-order valence-corrected chi connectivity index (χ3v) is 4.23. The monoisotopic (exact) mass is 331 g/mol. The van der Waals surface area contributed by atoms with E-state index < -0.39 is 17.4 Å². The van der Waals surface area contributed by atoms with Crippen molar-refractivity contribution in [2.24, 2.45) is 0 Å². The Kier molecular flexibility index (Phi) is 4.33. The summed E-state index contributed by atoms with van der Waals surface area (Å²) in [5, 5.41) is 9.67. The van der Waals surface area contributed by atoms with Crippen molar-refractivity contribution in [3.8, 4) is 5.75 Å². The lowest BCUT2D eigenvalue weighted by atomic mass is 9.91. The number of carbonyl (C=O) groups is 1. The summed E-state index contributed by atoms with van der Waals surface area (Å²) in [6, 6.07) is 4.43. The molecule has 0 unspecified atom stereocenters. The lowest BCUT2D eigenvalue weighted by Gasteiger charge is -2.39. The van der Waals surface area contributed by atoms with Crippen LogP contribution in [0.4, 0.5) is 10.2 Å². The Morgan fingerprint density at radius 2 is 2.08 bits per heavy atom. The highest BCUT2D eigenvalue weighted by atomic mass is 19.1. The van der Waals surface area contributed by atoms with Crippen molar-refractivity contribution in [3.05, 3.63) is 48.2 Å². The minimum absolute atomic E-state index is 0.0228. The van der Waals surface area contributed by atoms with Crippen molar-refractivity contribution in [2.75, 3.05) is 18.0 Å². The van der Waals surface area contributed by atoms with Crippen molar-refractivity contribution in [1.82, 2.24) is 9.97 Å². The molecule has 2 aromatic rings. The van der Waals surface area contributed by atoms with E-state index >= 15 is 0 Å².